The van der Waals surface area contributed by atoms with Crippen molar-refractivity contribution in [3.63, 3.8) is 0 Å². The number of fused-ring (bicyclic) bond motifs is 1. The minimum atomic E-state index is -3.62. The number of hydrogen-bond acceptors (Lipinski definition) is 5. The fraction of sp³-hybridized carbons (Fsp3) is 0.316. The van der Waals surface area contributed by atoms with Gasteiger partial charge in [-0.3, -0.25) is 9.10 Å². The van der Waals surface area contributed by atoms with Gasteiger partial charge < -0.3 is 14.8 Å². The maximum Gasteiger partial charge on any atom is 0.240 e. The Kier molecular flexibility index (Phi) is 6.14. The minimum absolute atomic E-state index is 0.212. The maximum atomic E-state index is 12.4. The number of nitrogens with one attached hydrogen (secondary N) is 1. The molecule has 0 aromatic heterocycles. The highest BCUT2D eigenvalue weighted by Gasteiger charge is 2.24. The molecule has 2 aromatic rings. The number of hydrogen-bond donors (Lipinski definition) is 1. The van der Waals surface area contributed by atoms with Crippen molar-refractivity contribution >= 4 is 37.5 Å². The number of ether oxygens (including phenoxy) is 2. The summed E-state index contributed by atoms with van der Waals surface area (Å²) in [4.78, 5) is 12.4. The smallest absolute Gasteiger partial charge is 0.240 e. The van der Waals surface area contributed by atoms with Gasteiger partial charge in [-0.05, 0) is 42.8 Å². The molecule has 1 atom stereocenters. The monoisotopic (exact) mass is 468 g/mol. The van der Waals surface area contributed by atoms with E-state index in [4.69, 9.17) is 9.47 Å². The van der Waals surface area contributed by atoms with Gasteiger partial charge in [-0.15, -0.1) is 0 Å². The van der Waals surface area contributed by atoms with Gasteiger partial charge in [0.1, 0.15) is 19.3 Å². The molecule has 0 aliphatic carbocycles. The van der Waals surface area contributed by atoms with Crippen molar-refractivity contribution in [3.8, 4) is 11.5 Å². The quantitative estimate of drug-likeness (QED) is 0.703. The Hall–Kier alpha value is -2.26. The number of sulfonamides is 1. The normalized spacial score (nSPS) is 15.8. The number of anilines is 1. The highest BCUT2D eigenvalue weighted by Crippen LogP contribution is 2.30. The summed E-state index contributed by atoms with van der Waals surface area (Å²) in [5, 5.41) is 2.72. The van der Waals surface area contributed by atoms with Gasteiger partial charge in [-0.1, -0.05) is 28.1 Å². The van der Waals surface area contributed by atoms with Crippen LogP contribution in [0.25, 0.3) is 0 Å². The summed E-state index contributed by atoms with van der Waals surface area (Å²) in [6.45, 7) is 2.06. The third-order valence-electron chi connectivity index (χ3n) is 4.21. The van der Waals surface area contributed by atoms with Crippen LogP contribution < -0.4 is 19.1 Å². The molecule has 1 aliphatic rings. The van der Waals surface area contributed by atoms with Gasteiger partial charge in [0, 0.05) is 4.47 Å². The number of amides is 1. The number of para-hydroxylation sites is 2. The van der Waals surface area contributed by atoms with Crippen molar-refractivity contribution in [3.05, 3.63) is 52.5 Å². The van der Waals surface area contributed by atoms with Crippen LogP contribution in [0.4, 0.5) is 5.69 Å². The molecule has 0 saturated carbocycles. The fourth-order valence-electron chi connectivity index (χ4n) is 2.76. The molecule has 2 aromatic carbocycles. The van der Waals surface area contributed by atoms with Crippen molar-refractivity contribution in [1.29, 1.82) is 0 Å². The molecule has 1 amide bonds. The Morgan fingerprint density at radius 3 is 2.64 bits per heavy atom. The van der Waals surface area contributed by atoms with E-state index in [0.29, 0.717) is 23.8 Å². The van der Waals surface area contributed by atoms with Crippen LogP contribution in [-0.4, -0.2) is 46.4 Å². The number of nitrogens with zero attached hydrogens (tertiary/aromatic N) is 1. The van der Waals surface area contributed by atoms with E-state index in [-0.39, 0.29) is 19.2 Å². The number of carbonyl (C=O) groups is 1. The molecule has 0 spiro atoms. The number of aryl methyl sites for hydroxylation is 1. The average Bonchev–Trinajstić information content (AvgIpc) is 2.65. The zero-order chi connectivity index (χ0) is 20.3. The number of carbonyl (C=O) groups excluding carboxylic acids is 1. The Bertz CT molecular complexity index is 980. The van der Waals surface area contributed by atoms with E-state index in [2.05, 4.69) is 21.2 Å². The summed E-state index contributed by atoms with van der Waals surface area (Å²) in [7, 11) is -3.62. The van der Waals surface area contributed by atoms with Crippen LogP contribution >= 0.6 is 15.9 Å². The van der Waals surface area contributed by atoms with Crippen molar-refractivity contribution in [1.82, 2.24) is 5.32 Å². The predicted octanol–water partition coefficient (Wildman–Crippen LogP) is 2.48. The highest BCUT2D eigenvalue weighted by molar-refractivity contribution is 9.10. The average molecular weight is 469 g/mol. The first kappa shape index (κ1) is 20.5. The SMILES string of the molecule is Cc1cc(N(CC(=O)NC[C@H]2COc3ccccc3O2)S(C)(=O)=O)ccc1Br. The van der Waals surface area contributed by atoms with Crippen LogP contribution in [0.2, 0.25) is 0 Å². The van der Waals surface area contributed by atoms with Gasteiger partial charge in [0.05, 0.1) is 18.5 Å². The molecular weight excluding hydrogens is 448 g/mol. The summed E-state index contributed by atoms with van der Waals surface area (Å²) in [6, 6.07) is 12.4. The first-order chi connectivity index (χ1) is 13.2. The number of rotatable bonds is 6. The molecule has 28 heavy (non-hydrogen) atoms. The molecule has 1 N–H and O–H groups in total. The topological polar surface area (TPSA) is 84.9 Å². The second-order valence-electron chi connectivity index (χ2n) is 6.50. The summed E-state index contributed by atoms with van der Waals surface area (Å²) in [5.41, 5.74) is 1.31. The molecular formula is C19H21BrN2O5S. The third-order valence-corrected chi connectivity index (χ3v) is 6.24. The Labute approximate surface area is 172 Å². The summed E-state index contributed by atoms with van der Waals surface area (Å²) in [6.07, 6.45) is 0.729. The molecule has 7 nitrogen and oxygen atoms in total. The predicted molar refractivity (Wildman–Crippen MR) is 110 cm³/mol. The Balaban J connectivity index is 1.62. The van der Waals surface area contributed by atoms with Crippen LogP contribution in [0.3, 0.4) is 0 Å². The van der Waals surface area contributed by atoms with E-state index in [1.54, 1.807) is 24.3 Å². The second-order valence-corrected chi connectivity index (χ2v) is 9.27. The summed E-state index contributed by atoms with van der Waals surface area (Å²) < 4.78 is 37.7. The molecule has 1 aliphatic heterocycles. The van der Waals surface area contributed by atoms with Gasteiger partial charge >= 0.3 is 0 Å². The van der Waals surface area contributed by atoms with Gasteiger partial charge in [-0.2, -0.15) is 0 Å². The molecule has 3 rings (SSSR count). The lowest BCUT2D eigenvalue weighted by Gasteiger charge is -2.27. The molecule has 9 heteroatoms. The standard InChI is InChI=1S/C19H21BrN2O5S/c1-13-9-14(7-8-16(13)20)22(28(2,24)25)11-19(23)21-10-15-12-26-17-5-3-4-6-18(17)27-15/h3-9,15H,10-12H2,1-2H3,(H,21,23)/t15-/m0/s1. The van der Waals surface area contributed by atoms with Crippen molar-refractivity contribution in [2.45, 2.75) is 13.0 Å². The van der Waals surface area contributed by atoms with E-state index in [1.807, 2.05) is 25.1 Å². The zero-order valence-electron chi connectivity index (χ0n) is 15.5. The fourth-order valence-corrected chi connectivity index (χ4v) is 3.86. The molecule has 150 valence electrons. The van der Waals surface area contributed by atoms with E-state index in [9.17, 15) is 13.2 Å². The Morgan fingerprint density at radius 2 is 1.96 bits per heavy atom. The lowest BCUT2D eigenvalue weighted by molar-refractivity contribution is -0.120. The van der Waals surface area contributed by atoms with Crippen LogP contribution in [0.15, 0.2) is 46.9 Å². The Morgan fingerprint density at radius 1 is 1.25 bits per heavy atom. The van der Waals surface area contributed by atoms with Crippen LogP contribution in [0.1, 0.15) is 5.56 Å². The molecule has 0 saturated heterocycles. The number of benzene rings is 2. The van der Waals surface area contributed by atoms with Crippen LogP contribution in [0, 0.1) is 6.92 Å². The molecule has 0 fully saturated rings. The second kappa shape index (κ2) is 8.40. The van der Waals surface area contributed by atoms with E-state index in [0.717, 1.165) is 20.6 Å². The first-order valence-electron chi connectivity index (χ1n) is 8.63. The van der Waals surface area contributed by atoms with E-state index in [1.165, 1.54) is 0 Å². The summed E-state index contributed by atoms with van der Waals surface area (Å²) in [5.74, 6) is 0.864. The molecule has 0 bridgehead atoms. The summed E-state index contributed by atoms with van der Waals surface area (Å²) >= 11 is 3.39. The first-order valence-corrected chi connectivity index (χ1v) is 11.3. The van der Waals surface area contributed by atoms with Crippen molar-refractivity contribution in [2.24, 2.45) is 0 Å². The number of halogens is 1. The van der Waals surface area contributed by atoms with Crippen molar-refractivity contribution in [2.75, 3.05) is 30.3 Å². The van der Waals surface area contributed by atoms with Gasteiger partial charge in [-0.25, -0.2) is 8.42 Å². The van der Waals surface area contributed by atoms with Gasteiger partial charge in [0.15, 0.2) is 11.5 Å². The van der Waals surface area contributed by atoms with Crippen LogP contribution in [-0.2, 0) is 14.8 Å². The lowest BCUT2D eigenvalue weighted by Crippen LogP contribution is -2.45. The lowest BCUT2D eigenvalue weighted by atomic mass is 10.2. The largest absolute Gasteiger partial charge is 0.486 e. The maximum absolute atomic E-state index is 12.4. The van der Waals surface area contributed by atoms with E-state index >= 15 is 0 Å². The molecule has 0 unspecified atom stereocenters. The molecule has 0 radical (unpaired) electrons. The minimum Gasteiger partial charge on any atom is -0.486 e. The molecule has 1 heterocycles. The highest BCUT2D eigenvalue weighted by atomic mass is 79.9. The van der Waals surface area contributed by atoms with Crippen molar-refractivity contribution < 1.29 is 22.7 Å². The van der Waals surface area contributed by atoms with Gasteiger partial charge in [0.25, 0.3) is 0 Å². The zero-order valence-corrected chi connectivity index (χ0v) is 17.9. The van der Waals surface area contributed by atoms with Gasteiger partial charge in [0.2, 0.25) is 15.9 Å². The third kappa shape index (κ3) is 4.96. The van der Waals surface area contributed by atoms with Crippen LogP contribution in [0.5, 0.6) is 11.5 Å². The van der Waals surface area contributed by atoms with E-state index < -0.39 is 15.9 Å².